The lowest BCUT2D eigenvalue weighted by Gasteiger charge is -2.12. The van der Waals surface area contributed by atoms with Crippen LogP contribution >= 0.6 is 20.4 Å². The molecule has 1 unspecified atom stereocenters. The summed E-state index contributed by atoms with van der Waals surface area (Å²) in [4.78, 5) is 1.07. The van der Waals surface area contributed by atoms with Gasteiger partial charge in [-0.15, -0.1) is 0 Å². The van der Waals surface area contributed by atoms with E-state index >= 15 is 0 Å². The van der Waals surface area contributed by atoms with Gasteiger partial charge in [-0.25, -0.2) is 0 Å². The van der Waals surface area contributed by atoms with Crippen molar-refractivity contribution in [1.29, 1.82) is 0 Å². The van der Waals surface area contributed by atoms with Gasteiger partial charge in [-0.3, -0.25) is 0 Å². The molecule has 0 fully saturated rings. The first-order valence-corrected chi connectivity index (χ1v) is 7.24. The first kappa shape index (κ1) is 10.7. The van der Waals surface area contributed by atoms with E-state index < -0.39 is 9.70 Å². The van der Waals surface area contributed by atoms with Gasteiger partial charge in [-0.1, -0.05) is 21.8 Å². The molecule has 1 atom stereocenters. The van der Waals surface area contributed by atoms with Gasteiger partial charge in [0.1, 0.15) is 0 Å². The van der Waals surface area contributed by atoms with Crippen molar-refractivity contribution < 1.29 is 0 Å². The molecule has 2 nitrogen and oxygen atoms in total. The van der Waals surface area contributed by atoms with Crippen molar-refractivity contribution in [3.05, 3.63) is 51.7 Å². The molecular formula is C13H11ClN2S. The van der Waals surface area contributed by atoms with Crippen LogP contribution in [-0.2, 0) is 0 Å². The van der Waals surface area contributed by atoms with E-state index in [2.05, 4.69) is 6.08 Å². The first-order chi connectivity index (χ1) is 8.15. The van der Waals surface area contributed by atoms with Crippen molar-refractivity contribution in [3.63, 3.8) is 0 Å². The topological polar surface area (TPSA) is 52.0 Å². The molecular weight excluding hydrogens is 252 g/mol. The van der Waals surface area contributed by atoms with Crippen LogP contribution in [0.4, 0.5) is 11.4 Å². The van der Waals surface area contributed by atoms with Gasteiger partial charge < -0.3 is 11.5 Å². The fourth-order valence-corrected chi connectivity index (χ4v) is 4.12. The molecule has 0 aliphatic carbocycles. The summed E-state index contributed by atoms with van der Waals surface area (Å²) in [6, 6.07) is 11.7. The second-order valence-electron chi connectivity index (χ2n) is 4.00. The molecule has 0 radical (unpaired) electrons. The van der Waals surface area contributed by atoms with Crippen LogP contribution in [0.5, 0.6) is 0 Å². The minimum absolute atomic E-state index is 0.480. The van der Waals surface area contributed by atoms with Crippen LogP contribution in [0.25, 0.3) is 6.08 Å². The first-order valence-electron chi connectivity index (χ1n) is 5.19. The predicted molar refractivity (Wildman–Crippen MR) is 75.4 cm³/mol. The molecule has 2 aromatic carbocycles. The summed E-state index contributed by atoms with van der Waals surface area (Å²) in [5, 5.41) is 1.13. The van der Waals surface area contributed by atoms with E-state index in [1.165, 1.54) is 0 Å². The Morgan fingerprint density at radius 2 is 1.65 bits per heavy atom. The Kier molecular flexibility index (Phi) is 2.38. The van der Waals surface area contributed by atoms with Crippen molar-refractivity contribution in [2.45, 2.75) is 4.90 Å². The van der Waals surface area contributed by atoms with Crippen molar-refractivity contribution >= 4 is 37.8 Å². The molecule has 4 heteroatoms. The van der Waals surface area contributed by atoms with E-state index in [-0.39, 0.29) is 0 Å². The number of fused-ring (bicyclic) bond motifs is 2. The van der Waals surface area contributed by atoms with Crippen LogP contribution in [0.15, 0.2) is 41.3 Å². The lowest BCUT2D eigenvalue weighted by atomic mass is 10.1. The third kappa shape index (κ3) is 1.72. The molecule has 0 amide bonds. The number of hydrogen-bond acceptors (Lipinski definition) is 2. The number of benzene rings is 2. The van der Waals surface area contributed by atoms with Crippen LogP contribution < -0.4 is 16.7 Å². The van der Waals surface area contributed by atoms with Crippen molar-refractivity contribution in [2.24, 2.45) is 0 Å². The molecule has 2 aromatic rings. The number of halogens is 1. The van der Waals surface area contributed by atoms with Crippen LogP contribution in [0.3, 0.4) is 0 Å². The van der Waals surface area contributed by atoms with E-state index in [0.29, 0.717) is 0 Å². The van der Waals surface area contributed by atoms with Gasteiger partial charge in [0.25, 0.3) is 0 Å². The van der Waals surface area contributed by atoms with Gasteiger partial charge in [-0.2, -0.15) is 0 Å². The molecule has 17 heavy (non-hydrogen) atoms. The molecule has 1 aliphatic heterocycles. The van der Waals surface area contributed by atoms with Crippen molar-refractivity contribution in [2.75, 3.05) is 11.5 Å². The van der Waals surface area contributed by atoms with Gasteiger partial charge in [0.05, 0.1) is 0 Å². The highest BCUT2D eigenvalue weighted by Crippen LogP contribution is 2.39. The Bertz CT molecular complexity index is 738. The third-order valence-electron chi connectivity index (χ3n) is 2.77. The average Bonchev–Trinajstić information content (AvgIpc) is 2.32. The molecule has 1 heterocycles. The smallest absolute Gasteiger partial charge is 0.0325 e. The van der Waals surface area contributed by atoms with Gasteiger partial charge in [0, 0.05) is 20.8 Å². The number of hydrogen-bond donors (Lipinski definition) is 2. The number of rotatable bonds is 0. The fraction of sp³-hybridized carbons (Fsp3) is 0. The maximum atomic E-state index is 6.52. The largest absolute Gasteiger partial charge is 0.399 e. The number of nitrogen functional groups attached to an aromatic ring is 2. The number of nitrogens with two attached hydrogens (primary N) is 2. The molecule has 0 bridgehead atoms. The minimum atomic E-state index is -0.480. The monoisotopic (exact) mass is 262 g/mol. The zero-order valence-corrected chi connectivity index (χ0v) is 10.6. The lowest BCUT2D eigenvalue weighted by Crippen LogP contribution is -2.07. The zero-order valence-electron chi connectivity index (χ0n) is 8.98. The molecule has 1 aliphatic rings. The summed E-state index contributed by atoms with van der Waals surface area (Å²) in [5.41, 5.74) is 14.2. The zero-order chi connectivity index (χ0) is 12.0. The molecule has 0 aromatic heterocycles. The standard InChI is InChI=1S/C13H11ClN2S/c14-17-12-6-10(15)3-1-8(12)5-9-2-4-11(16)7-13(9)17/h1-7H,15-16H2. The molecule has 3 rings (SSSR count). The SMILES string of the molecule is Nc1ccc2c(c1)S(Cl)=c1cc(N)ccc1=C2. The van der Waals surface area contributed by atoms with Gasteiger partial charge in [0.15, 0.2) is 0 Å². The van der Waals surface area contributed by atoms with E-state index in [1.54, 1.807) is 0 Å². The quantitative estimate of drug-likeness (QED) is 0.567. The highest BCUT2D eigenvalue weighted by molar-refractivity contribution is 8.29. The van der Waals surface area contributed by atoms with Crippen molar-refractivity contribution in [3.8, 4) is 0 Å². The summed E-state index contributed by atoms with van der Waals surface area (Å²) < 4.78 is 1.07. The van der Waals surface area contributed by atoms with Crippen molar-refractivity contribution in [1.82, 2.24) is 0 Å². The summed E-state index contributed by atoms with van der Waals surface area (Å²) in [6.45, 7) is 0. The molecule has 4 N–H and O–H groups in total. The van der Waals surface area contributed by atoms with Crippen LogP contribution in [0.1, 0.15) is 5.56 Å². The molecule has 0 spiro atoms. The van der Waals surface area contributed by atoms with Crippen LogP contribution in [0, 0.1) is 4.51 Å². The summed E-state index contributed by atoms with van der Waals surface area (Å²) in [6.07, 6.45) is 2.12. The Balaban J connectivity index is 2.44. The molecule has 0 saturated carbocycles. The van der Waals surface area contributed by atoms with Gasteiger partial charge >= 0.3 is 0 Å². The Morgan fingerprint density at radius 3 is 2.47 bits per heavy atom. The highest BCUT2D eigenvalue weighted by Gasteiger charge is 2.10. The fourth-order valence-electron chi connectivity index (χ4n) is 1.94. The van der Waals surface area contributed by atoms with E-state index in [4.69, 9.17) is 22.1 Å². The van der Waals surface area contributed by atoms with E-state index in [9.17, 15) is 0 Å². The second-order valence-corrected chi connectivity index (χ2v) is 6.31. The maximum Gasteiger partial charge on any atom is 0.0325 e. The highest BCUT2D eigenvalue weighted by atomic mass is 35.7. The van der Waals surface area contributed by atoms with E-state index in [1.807, 2.05) is 36.4 Å². The minimum Gasteiger partial charge on any atom is -0.399 e. The van der Waals surface area contributed by atoms with Gasteiger partial charge in [-0.05, 0) is 51.8 Å². The second kappa shape index (κ2) is 3.79. The Labute approximate surface area is 106 Å². The molecule has 0 saturated heterocycles. The third-order valence-corrected chi connectivity index (χ3v) is 5.25. The summed E-state index contributed by atoms with van der Waals surface area (Å²) in [7, 11) is 6.04. The van der Waals surface area contributed by atoms with Gasteiger partial charge in [0.2, 0.25) is 0 Å². The Hall–Kier alpha value is -1.45. The average molecular weight is 263 g/mol. The van der Waals surface area contributed by atoms with Crippen LogP contribution in [-0.4, -0.2) is 0 Å². The Morgan fingerprint density at radius 1 is 0.941 bits per heavy atom. The summed E-state index contributed by atoms with van der Waals surface area (Å²) in [5.74, 6) is 0. The molecule has 86 valence electrons. The predicted octanol–water partition coefficient (Wildman–Crippen LogP) is 2.73. The number of anilines is 2. The summed E-state index contributed by atoms with van der Waals surface area (Å²) >= 11 is 0. The maximum absolute atomic E-state index is 6.52. The normalized spacial score (nSPS) is 16.9. The van der Waals surface area contributed by atoms with E-state index in [0.717, 1.165) is 31.6 Å². The lowest BCUT2D eigenvalue weighted by molar-refractivity contribution is 1.40. The van der Waals surface area contributed by atoms with Crippen LogP contribution in [0.2, 0.25) is 0 Å².